The van der Waals surface area contributed by atoms with E-state index in [2.05, 4.69) is 39.8 Å². The number of hydrogen-bond acceptors (Lipinski definition) is 5. The van der Waals surface area contributed by atoms with Crippen molar-refractivity contribution in [2.75, 3.05) is 26.3 Å². The minimum Gasteiger partial charge on any atom is -0.347 e. The van der Waals surface area contributed by atoms with E-state index in [0.29, 0.717) is 50.5 Å². The minimum absolute atomic E-state index is 0.0397. The van der Waals surface area contributed by atoms with Gasteiger partial charge in [0.1, 0.15) is 5.69 Å². The van der Waals surface area contributed by atoms with E-state index in [1.165, 1.54) is 5.56 Å². The maximum Gasteiger partial charge on any atom is 0.272 e. The normalized spacial score (nSPS) is 18.6. The van der Waals surface area contributed by atoms with Gasteiger partial charge in [-0.3, -0.25) is 4.79 Å². The van der Waals surface area contributed by atoms with E-state index in [-0.39, 0.29) is 11.3 Å². The predicted octanol–water partition coefficient (Wildman–Crippen LogP) is 3.98. The zero-order chi connectivity index (χ0) is 22.5. The maximum absolute atomic E-state index is 13.7. The Kier molecular flexibility index (Phi) is 5.06. The topological polar surface area (TPSA) is 69.0 Å². The summed E-state index contributed by atoms with van der Waals surface area (Å²) in [5.74, 6) is -0.551. The summed E-state index contributed by atoms with van der Waals surface area (Å²) in [5, 5.41) is 4.78. The second-order valence-corrected chi connectivity index (χ2v) is 9.84. The van der Waals surface area contributed by atoms with Gasteiger partial charge in [-0.2, -0.15) is 5.10 Å². The van der Waals surface area contributed by atoms with Crippen LogP contribution in [0.25, 0.3) is 16.9 Å². The number of aromatic nitrogens is 3. The van der Waals surface area contributed by atoms with E-state index in [1.54, 1.807) is 4.52 Å². The number of ether oxygens (including phenoxy) is 2. The van der Waals surface area contributed by atoms with Crippen LogP contribution in [0.3, 0.4) is 0 Å². The van der Waals surface area contributed by atoms with Crippen LogP contribution in [0.15, 0.2) is 36.4 Å². The second kappa shape index (κ2) is 7.67. The van der Waals surface area contributed by atoms with Gasteiger partial charge in [0, 0.05) is 43.0 Å². The molecule has 2 saturated heterocycles. The van der Waals surface area contributed by atoms with Crippen LogP contribution in [-0.4, -0.2) is 57.5 Å². The molecule has 4 heterocycles. The Morgan fingerprint density at radius 1 is 1.03 bits per heavy atom. The van der Waals surface area contributed by atoms with Crippen molar-refractivity contribution in [1.29, 1.82) is 0 Å². The summed E-state index contributed by atoms with van der Waals surface area (Å²) in [7, 11) is 0. The van der Waals surface area contributed by atoms with Crippen LogP contribution in [-0.2, 0) is 14.9 Å². The molecule has 2 aromatic heterocycles. The molecule has 32 heavy (non-hydrogen) atoms. The smallest absolute Gasteiger partial charge is 0.272 e. The number of likely N-dealkylation sites (tertiary alicyclic amines) is 1. The third-order valence-corrected chi connectivity index (χ3v) is 6.39. The van der Waals surface area contributed by atoms with Crippen LogP contribution >= 0.6 is 0 Å². The van der Waals surface area contributed by atoms with E-state index in [4.69, 9.17) is 19.6 Å². The van der Waals surface area contributed by atoms with Gasteiger partial charge in [0.2, 0.25) is 0 Å². The van der Waals surface area contributed by atoms with Crippen LogP contribution in [0.5, 0.6) is 0 Å². The van der Waals surface area contributed by atoms with Gasteiger partial charge in [0.05, 0.1) is 24.6 Å². The average molecular weight is 435 g/mol. The van der Waals surface area contributed by atoms with Crippen LogP contribution < -0.4 is 0 Å². The average Bonchev–Trinajstić information content (AvgIpc) is 3.41. The maximum atomic E-state index is 13.7. The van der Waals surface area contributed by atoms with Gasteiger partial charge >= 0.3 is 0 Å². The number of piperidine rings is 1. The Labute approximate surface area is 188 Å². The lowest BCUT2D eigenvalue weighted by Crippen LogP contribution is -2.47. The van der Waals surface area contributed by atoms with E-state index >= 15 is 0 Å². The molecule has 3 aromatic rings. The Morgan fingerprint density at radius 3 is 2.31 bits per heavy atom. The fourth-order valence-corrected chi connectivity index (χ4v) is 4.36. The molecular weight excluding hydrogens is 404 g/mol. The number of carbonyl (C=O) groups excluding carboxylic acids is 1. The van der Waals surface area contributed by atoms with Gasteiger partial charge in [0.25, 0.3) is 5.91 Å². The Morgan fingerprint density at radius 2 is 1.69 bits per heavy atom. The van der Waals surface area contributed by atoms with Gasteiger partial charge in [-0.1, -0.05) is 50.6 Å². The van der Waals surface area contributed by atoms with Crippen LogP contribution in [0.1, 0.15) is 55.4 Å². The zero-order valence-corrected chi connectivity index (χ0v) is 19.2. The fourth-order valence-electron chi connectivity index (χ4n) is 4.36. The van der Waals surface area contributed by atoms with Crippen molar-refractivity contribution in [2.45, 2.75) is 51.7 Å². The Hall–Kier alpha value is -2.77. The summed E-state index contributed by atoms with van der Waals surface area (Å²) < 4.78 is 13.4. The number of benzene rings is 1. The SMILES string of the molecule is Cc1ccc(-c2cc(C(=O)N3CCC4(CC3)OCCO4)n3nc(C(C)(C)C)cc3n2)cc1. The van der Waals surface area contributed by atoms with E-state index in [9.17, 15) is 4.79 Å². The lowest BCUT2D eigenvalue weighted by Gasteiger charge is -2.37. The van der Waals surface area contributed by atoms with Gasteiger partial charge in [-0.05, 0) is 13.0 Å². The van der Waals surface area contributed by atoms with Crippen molar-refractivity contribution in [3.8, 4) is 11.3 Å². The largest absolute Gasteiger partial charge is 0.347 e. The fraction of sp³-hybridized carbons (Fsp3) is 0.480. The molecule has 0 unspecified atom stereocenters. The van der Waals surface area contributed by atoms with E-state index in [1.807, 2.05) is 29.2 Å². The van der Waals surface area contributed by atoms with Crippen LogP contribution in [0.4, 0.5) is 0 Å². The molecule has 1 aromatic carbocycles. The molecule has 0 atom stereocenters. The summed E-state index contributed by atoms with van der Waals surface area (Å²) in [6.07, 6.45) is 1.37. The van der Waals surface area contributed by atoms with Crippen LogP contribution in [0.2, 0.25) is 0 Å². The molecule has 2 aliphatic rings. The second-order valence-electron chi connectivity index (χ2n) is 9.84. The summed E-state index contributed by atoms with van der Waals surface area (Å²) in [5.41, 5.74) is 4.92. The molecule has 7 nitrogen and oxygen atoms in total. The molecule has 7 heteroatoms. The molecular formula is C25H30N4O3. The van der Waals surface area contributed by atoms with Crippen molar-refractivity contribution in [3.05, 3.63) is 53.3 Å². The number of amides is 1. The van der Waals surface area contributed by atoms with Gasteiger partial charge in [-0.15, -0.1) is 0 Å². The highest BCUT2D eigenvalue weighted by Gasteiger charge is 2.41. The van der Waals surface area contributed by atoms with E-state index in [0.717, 1.165) is 17.0 Å². The summed E-state index contributed by atoms with van der Waals surface area (Å²) in [4.78, 5) is 20.4. The van der Waals surface area contributed by atoms with Gasteiger partial charge in [-0.25, -0.2) is 9.50 Å². The number of rotatable bonds is 2. The first-order chi connectivity index (χ1) is 15.2. The molecule has 0 saturated carbocycles. The molecule has 0 aliphatic carbocycles. The molecule has 1 spiro atoms. The molecule has 168 valence electrons. The number of carbonyl (C=O) groups is 1. The highest BCUT2D eigenvalue weighted by atomic mass is 16.7. The molecule has 1 amide bonds. The molecule has 2 fully saturated rings. The molecule has 2 aliphatic heterocycles. The van der Waals surface area contributed by atoms with Crippen molar-refractivity contribution in [3.63, 3.8) is 0 Å². The number of hydrogen-bond donors (Lipinski definition) is 0. The quantitative estimate of drug-likeness (QED) is 0.610. The highest BCUT2D eigenvalue weighted by molar-refractivity contribution is 5.94. The van der Waals surface area contributed by atoms with Gasteiger partial charge < -0.3 is 14.4 Å². The van der Waals surface area contributed by atoms with Crippen molar-refractivity contribution >= 4 is 11.6 Å². The first-order valence-corrected chi connectivity index (χ1v) is 11.3. The van der Waals surface area contributed by atoms with Crippen molar-refractivity contribution in [2.24, 2.45) is 0 Å². The minimum atomic E-state index is -0.511. The third kappa shape index (κ3) is 3.80. The van der Waals surface area contributed by atoms with Crippen molar-refractivity contribution in [1.82, 2.24) is 19.5 Å². The zero-order valence-electron chi connectivity index (χ0n) is 19.2. The van der Waals surface area contributed by atoms with Gasteiger partial charge in [0.15, 0.2) is 11.4 Å². The summed E-state index contributed by atoms with van der Waals surface area (Å²) in [6.45, 7) is 10.8. The van der Waals surface area contributed by atoms with Crippen molar-refractivity contribution < 1.29 is 14.3 Å². The van der Waals surface area contributed by atoms with Crippen LogP contribution in [0, 0.1) is 6.92 Å². The van der Waals surface area contributed by atoms with E-state index < -0.39 is 5.79 Å². The first-order valence-electron chi connectivity index (χ1n) is 11.3. The first kappa shape index (κ1) is 21.1. The molecule has 0 radical (unpaired) electrons. The Bertz CT molecular complexity index is 1140. The lowest BCUT2D eigenvalue weighted by atomic mass is 9.93. The standard InChI is InChI=1S/C25H30N4O3/c1-17-5-7-18(8-6-17)19-15-20(29-22(26-19)16-21(27-29)24(2,3)4)23(30)28-11-9-25(10-12-28)31-13-14-32-25/h5-8,15-16H,9-14H2,1-4H3. The highest BCUT2D eigenvalue weighted by Crippen LogP contribution is 2.32. The number of nitrogens with zero attached hydrogens (tertiary/aromatic N) is 4. The lowest BCUT2D eigenvalue weighted by molar-refractivity contribution is -0.181. The predicted molar refractivity (Wildman–Crippen MR) is 122 cm³/mol. The summed E-state index contributed by atoms with van der Waals surface area (Å²) in [6, 6.07) is 12.1. The molecule has 5 rings (SSSR count). The Balaban J connectivity index is 1.54. The molecule has 0 bridgehead atoms. The monoisotopic (exact) mass is 434 g/mol. The molecule has 0 N–H and O–H groups in total. The number of aryl methyl sites for hydroxylation is 1. The third-order valence-electron chi connectivity index (χ3n) is 6.39. The summed E-state index contributed by atoms with van der Waals surface area (Å²) >= 11 is 0. The number of fused-ring (bicyclic) bond motifs is 1.